The topological polar surface area (TPSA) is 49.3 Å². The van der Waals surface area contributed by atoms with Crippen LogP contribution in [0.2, 0.25) is 0 Å². The molecule has 0 heterocycles. The lowest BCUT2D eigenvalue weighted by Crippen LogP contribution is -2.46. The van der Waals surface area contributed by atoms with Crippen molar-refractivity contribution < 1.29 is 9.90 Å². The van der Waals surface area contributed by atoms with Crippen LogP contribution in [0, 0.1) is 17.8 Å². The number of fused-ring (bicyclic) bond motifs is 2. The van der Waals surface area contributed by atoms with Crippen LogP contribution in [-0.2, 0) is 4.79 Å². The highest BCUT2D eigenvalue weighted by Gasteiger charge is 2.43. The molecule has 3 heteroatoms. The minimum Gasteiger partial charge on any atom is -0.388 e. The molecular formula is C15H25NO2. The molecule has 18 heavy (non-hydrogen) atoms. The van der Waals surface area contributed by atoms with Crippen LogP contribution in [-0.4, -0.2) is 23.2 Å². The summed E-state index contributed by atoms with van der Waals surface area (Å²) < 4.78 is 0. The number of carbonyl (C=O) groups is 1. The molecule has 0 aliphatic heterocycles. The predicted molar refractivity (Wildman–Crippen MR) is 70.0 cm³/mol. The normalized spacial score (nSPS) is 37.7. The number of rotatable bonds is 3. The molecule has 0 aromatic rings. The first-order valence-electron chi connectivity index (χ1n) is 7.66. The minimum atomic E-state index is -0.620. The highest BCUT2D eigenvalue weighted by molar-refractivity contribution is 5.79. The van der Waals surface area contributed by atoms with Crippen molar-refractivity contribution >= 4 is 5.91 Å². The summed E-state index contributed by atoms with van der Waals surface area (Å²) in [7, 11) is 0. The van der Waals surface area contributed by atoms with E-state index >= 15 is 0 Å². The molecule has 0 radical (unpaired) electrons. The zero-order chi connectivity index (χ0) is 12.6. The van der Waals surface area contributed by atoms with E-state index < -0.39 is 5.60 Å². The zero-order valence-electron chi connectivity index (χ0n) is 11.2. The number of aliphatic hydroxyl groups is 1. The summed E-state index contributed by atoms with van der Waals surface area (Å²) in [6, 6.07) is 0. The van der Waals surface area contributed by atoms with Crippen molar-refractivity contribution in [1.82, 2.24) is 5.32 Å². The third kappa shape index (κ3) is 2.42. The van der Waals surface area contributed by atoms with Crippen molar-refractivity contribution in [3.8, 4) is 0 Å². The van der Waals surface area contributed by atoms with Gasteiger partial charge in [-0.05, 0) is 43.9 Å². The van der Waals surface area contributed by atoms with Gasteiger partial charge in [0.1, 0.15) is 0 Å². The fraction of sp³-hybridized carbons (Fsp3) is 0.933. The van der Waals surface area contributed by atoms with Crippen molar-refractivity contribution in [1.29, 1.82) is 0 Å². The maximum Gasteiger partial charge on any atom is 0.223 e. The molecule has 3 nitrogen and oxygen atoms in total. The van der Waals surface area contributed by atoms with Crippen LogP contribution < -0.4 is 5.32 Å². The largest absolute Gasteiger partial charge is 0.388 e. The second kappa shape index (κ2) is 4.84. The fourth-order valence-electron chi connectivity index (χ4n) is 4.34. The Morgan fingerprint density at radius 3 is 2.56 bits per heavy atom. The zero-order valence-corrected chi connectivity index (χ0v) is 11.2. The highest BCUT2D eigenvalue weighted by Crippen LogP contribution is 2.48. The lowest BCUT2D eigenvalue weighted by Gasteiger charge is -2.33. The Morgan fingerprint density at radius 1 is 1.17 bits per heavy atom. The van der Waals surface area contributed by atoms with Crippen LogP contribution in [0.1, 0.15) is 57.8 Å². The summed E-state index contributed by atoms with van der Waals surface area (Å²) >= 11 is 0. The van der Waals surface area contributed by atoms with Gasteiger partial charge in [0.2, 0.25) is 5.91 Å². The van der Waals surface area contributed by atoms with Gasteiger partial charge in [0.25, 0.3) is 0 Å². The maximum absolute atomic E-state index is 12.2. The van der Waals surface area contributed by atoms with Crippen LogP contribution in [0.5, 0.6) is 0 Å². The van der Waals surface area contributed by atoms with Crippen LogP contribution in [0.25, 0.3) is 0 Å². The number of carbonyl (C=O) groups excluding carboxylic acids is 1. The monoisotopic (exact) mass is 251 g/mol. The average Bonchev–Trinajstić information content (AvgIpc) is 2.99. The number of hydrogen-bond acceptors (Lipinski definition) is 2. The summed E-state index contributed by atoms with van der Waals surface area (Å²) in [6.07, 6.45) is 10.1. The van der Waals surface area contributed by atoms with E-state index in [1.807, 2.05) is 0 Å². The highest BCUT2D eigenvalue weighted by atomic mass is 16.3. The average molecular weight is 251 g/mol. The van der Waals surface area contributed by atoms with E-state index in [0.29, 0.717) is 12.5 Å². The molecule has 3 atom stereocenters. The fourth-order valence-corrected chi connectivity index (χ4v) is 4.34. The van der Waals surface area contributed by atoms with E-state index in [1.54, 1.807) is 0 Å². The molecule has 0 aromatic carbocycles. The summed E-state index contributed by atoms with van der Waals surface area (Å²) in [4.78, 5) is 12.2. The first kappa shape index (κ1) is 12.5. The van der Waals surface area contributed by atoms with E-state index in [9.17, 15) is 9.90 Å². The Labute approximate surface area is 109 Å². The van der Waals surface area contributed by atoms with Crippen LogP contribution >= 0.6 is 0 Å². The van der Waals surface area contributed by atoms with E-state index in [-0.39, 0.29) is 11.8 Å². The number of hydrogen-bond donors (Lipinski definition) is 2. The molecule has 0 saturated heterocycles. The molecule has 3 aliphatic carbocycles. The SMILES string of the molecule is O=C(NCC1(O)CCCCC1)C1CC2CCC1C2. The molecule has 3 saturated carbocycles. The first-order valence-corrected chi connectivity index (χ1v) is 7.66. The lowest BCUT2D eigenvalue weighted by molar-refractivity contribution is -0.128. The van der Waals surface area contributed by atoms with Crippen molar-refractivity contribution in [2.75, 3.05) is 6.54 Å². The lowest BCUT2D eigenvalue weighted by atomic mass is 9.84. The van der Waals surface area contributed by atoms with Gasteiger partial charge in [-0.15, -0.1) is 0 Å². The predicted octanol–water partition coefficient (Wildman–Crippen LogP) is 2.23. The second-order valence-corrected chi connectivity index (χ2v) is 6.78. The van der Waals surface area contributed by atoms with E-state index in [0.717, 1.165) is 38.0 Å². The minimum absolute atomic E-state index is 0.209. The van der Waals surface area contributed by atoms with E-state index in [4.69, 9.17) is 0 Å². The molecule has 0 spiro atoms. The molecule has 3 rings (SSSR count). The Hall–Kier alpha value is -0.570. The summed E-state index contributed by atoms with van der Waals surface area (Å²) in [5.41, 5.74) is -0.620. The molecule has 3 unspecified atom stereocenters. The Balaban J connectivity index is 1.49. The summed E-state index contributed by atoms with van der Waals surface area (Å²) in [6.45, 7) is 0.472. The van der Waals surface area contributed by atoms with Gasteiger partial charge in [0, 0.05) is 12.5 Å². The standard InChI is InChI=1S/C15H25NO2/c17-14(13-9-11-4-5-12(13)8-11)16-10-15(18)6-2-1-3-7-15/h11-13,18H,1-10H2,(H,16,17). The Bertz CT molecular complexity index is 322. The van der Waals surface area contributed by atoms with E-state index in [2.05, 4.69) is 5.32 Å². The Morgan fingerprint density at radius 2 is 1.94 bits per heavy atom. The molecular weight excluding hydrogens is 226 g/mol. The quantitative estimate of drug-likeness (QED) is 0.808. The van der Waals surface area contributed by atoms with Crippen molar-refractivity contribution in [2.45, 2.75) is 63.4 Å². The molecule has 3 aliphatic rings. The first-order chi connectivity index (χ1) is 8.66. The van der Waals surface area contributed by atoms with Crippen LogP contribution in [0.15, 0.2) is 0 Å². The number of nitrogens with one attached hydrogen (secondary N) is 1. The van der Waals surface area contributed by atoms with Gasteiger partial charge >= 0.3 is 0 Å². The van der Waals surface area contributed by atoms with E-state index in [1.165, 1.54) is 25.7 Å². The molecule has 1 amide bonds. The van der Waals surface area contributed by atoms with Gasteiger partial charge in [-0.2, -0.15) is 0 Å². The van der Waals surface area contributed by atoms with Gasteiger partial charge in [-0.1, -0.05) is 25.7 Å². The summed E-state index contributed by atoms with van der Waals surface area (Å²) in [5.74, 6) is 1.90. The van der Waals surface area contributed by atoms with Gasteiger partial charge in [-0.25, -0.2) is 0 Å². The third-order valence-corrected chi connectivity index (χ3v) is 5.45. The van der Waals surface area contributed by atoms with Crippen molar-refractivity contribution in [2.24, 2.45) is 17.8 Å². The number of amides is 1. The molecule has 3 fully saturated rings. The summed E-state index contributed by atoms with van der Waals surface area (Å²) in [5, 5.41) is 13.4. The second-order valence-electron chi connectivity index (χ2n) is 6.78. The van der Waals surface area contributed by atoms with Crippen molar-refractivity contribution in [3.63, 3.8) is 0 Å². The van der Waals surface area contributed by atoms with Gasteiger partial charge in [0.15, 0.2) is 0 Å². The molecule has 2 bridgehead atoms. The maximum atomic E-state index is 12.2. The van der Waals surface area contributed by atoms with Gasteiger partial charge in [0.05, 0.1) is 5.60 Å². The van der Waals surface area contributed by atoms with Gasteiger partial charge in [-0.3, -0.25) is 4.79 Å². The van der Waals surface area contributed by atoms with Crippen LogP contribution in [0.4, 0.5) is 0 Å². The third-order valence-electron chi connectivity index (χ3n) is 5.45. The van der Waals surface area contributed by atoms with Crippen molar-refractivity contribution in [3.05, 3.63) is 0 Å². The molecule has 2 N–H and O–H groups in total. The Kier molecular flexibility index (Phi) is 3.35. The molecule has 0 aromatic heterocycles. The molecule has 102 valence electrons. The van der Waals surface area contributed by atoms with Crippen LogP contribution in [0.3, 0.4) is 0 Å². The van der Waals surface area contributed by atoms with Gasteiger partial charge < -0.3 is 10.4 Å². The smallest absolute Gasteiger partial charge is 0.223 e.